The number of hydrogen-bond acceptors (Lipinski definition) is 6. The summed E-state index contributed by atoms with van der Waals surface area (Å²) >= 11 is 0. The molecule has 4 rings (SSSR count). The molecule has 0 aliphatic carbocycles. The number of oxazole rings is 1. The molecular formula is C22H26N4O5S. The normalized spacial score (nSPS) is 17.4. The van der Waals surface area contributed by atoms with Gasteiger partial charge in [-0.3, -0.25) is 9.78 Å². The van der Waals surface area contributed by atoms with Gasteiger partial charge in [-0.05, 0) is 42.7 Å². The van der Waals surface area contributed by atoms with Gasteiger partial charge in [0, 0.05) is 45.5 Å². The van der Waals surface area contributed by atoms with Crippen LogP contribution in [0.1, 0.15) is 18.4 Å². The zero-order valence-corrected chi connectivity index (χ0v) is 18.8. The summed E-state index contributed by atoms with van der Waals surface area (Å²) in [5.41, 5.74) is 2.67. The molecular weight excluding hydrogens is 432 g/mol. The number of sulfonamides is 1. The number of piperidine rings is 1. The highest BCUT2D eigenvalue weighted by Crippen LogP contribution is 2.26. The molecule has 0 spiro atoms. The fourth-order valence-electron chi connectivity index (χ4n) is 3.86. The van der Waals surface area contributed by atoms with Crippen LogP contribution in [0.25, 0.3) is 11.1 Å². The summed E-state index contributed by atoms with van der Waals surface area (Å²) in [6, 6.07) is 12.2. The van der Waals surface area contributed by atoms with Crippen LogP contribution in [0, 0.1) is 5.92 Å². The molecule has 3 aromatic rings. The smallest absolute Gasteiger partial charge is 0.408 e. The fraction of sp³-hybridized carbons (Fsp3) is 0.364. The molecule has 2 aromatic carbocycles. The van der Waals surface area contributed by atoms with Gasteiger partial charge in [0.25, 0.3) is 0 Å². The maximum atomic E-state index is 13.1. The Kier molecular flexibility index (Phi) is 6.07. The Bertz CT molecular complexity index is 1280. The van der Waals surface area contributed by atoms with Crippen molar-refractivity contribution in [1.82, 2.24) is 14.6 Å². The molecule has 32 heavy (non-hydrogen) atoms. The first-order chi connectivity index (χ1) is 15.2. The molecule has 9 nitrogen and oxygen atoms in total. The van der Waals surface area contributed by atoms with E-state index in [2.05, 4.69) is 10.3 Å². The van der Waals surface area contributed by atoms with E-state index in [1.54, 1.807) is 0 Å². The van der Waals surface area contributed by atoms with E-state index in [0.717, 1.165) is 11.3 Å². The SMILES string of the molecule is CN(C)c1ccc(CNC(=O)[C@@H]2CCCN(S(=O)(=O)c3ccc4[nH]c(=O)oc4c3)C2)cc1. The van der Waals surface area contributed by atoms with Gasteiger partial charge in [0.1, 0.15) is 0 Å². The standard InChI is InChI=1S/C22H26N4O5S/c1-25(2)17-7-5-15(6-8-17)13-23-21(27)16-4-3-11-26(14-16)32(29,30)18-9-10-19-20(12-18)31-22(28)24-19/h5-10,12,16H,3-4,11,13-14H2,1-2H3,(H,23,27)(H,24,28)/t16-/m1/s1. The third-order valence-corrected chi connectivity index (χ3v) is 7.57. The molecule has 170 valence electrons. The number of H-pyrrole nitrogens is 1. The maximum absolute atomic E-state index is 13.1. The average Bonchev–Trinajstić information content (AvgIpc) is 3.17. The number of hydrogen-bond donors (Lipinski definition) is 2. The molecule has 0 saturated carbocycles. The highest BCUT2D eigenvalue weighted by molar-refractivity contribution is 7.89. The van der Waals surface area contributed by atoms with Gasteiger partial charge in [-0.15, -0.1) is 0 Å². The molecule has 1 saturated heterocycles. The van der Waals surface area contributed by atoms with E-state index in [9.17, 15) is 18.0 Å². The summed E-state index contributed by atoms with van der Waals surface area (Å²) in [7, 11) is 0.110. The van der Waals surface area contributed by atoms with E-state index >= 15 is 0 Å². The summed E-state index contributed by atoms with van der Waals surface area (Å²) in [5.74, 6) is -1.22. The minimum atomic E-state index is -3.82. The second kappa shape index (κ2) is 8.79. The van der Waals surface area contributed by atoms with Gasteiger partial charge in [-0.1, -0.05) is 12.1 Å². The Morgan fingerprint density at radius 3 is 2.69 bits per heavy atom. The van der Waals surface area contributed by atoms with Crippen LogP contribution in [0.4, 0.5) is 5.69 Å². The maximum Gasteiger partial charge on any atom is 0.417 e. The van der Waals surface area contributed by atoms with Gasteiger partial charge in [-0.2, -0.15) is 4.31 Å². The van der Waals surface area contributed by atoms with Crippen molar-refractivity contribution in [2.24, 2.45) is 5.92 Å². The van der Waals surface area contributed by atoms with Gasteiger partial charge in [-0.25, -0.2) is 13.2 Å². The molecule has 1 atom stereocenters. The highest BCUT2D eigenvalue weighted by Gasteiger charge is 2.33. The lowest BCUT2D eigenvalue weighted by molar-refractivity contribution is -0.126. The lowest BCUT2D eigenvalue weighted by atomic mass is 9.99. The monoisotopic (exact) mass is 458 g/mol. The zero-order chi connectivity index (χ0) is 22.9. The van der Waals surface area contributed by atoms with Crippen LogP contribution in [-0.4, -0.2) is 50.8 Å². The Morgan fingerprint density at radius 1 is 1.22 bits per heavy atom. The van der Waals surface area contributed by atoms with E-state index in [1.165, 1.54) is 22.5 Å². The van der Waals surface area contributed by atoms with Crippen molar-refractivity contribution in [1.29, 1.82) is 0 Å². The summed E-state index contributed by atoms with van der Waals surface area (Å²) in [6.45, 7) is 0.842. The molecule has 1 aromatic heterocycles. The van der Waals surface area contributed by atoms with Gasteiger partial charge >= 0.3 is 5.76 Å². The van der Waals surface area contributed by atoms with Crippen LogP contribution in [0.15, 0.2) is 56.6 Å². The molecule has 1 fully saturated rings. The minimum Gasteiger partial charge on any atom is -0.408 e. The number of nitrogens with zero attached hydrogens (tertiary/aromatic N) is 2. The van der Waals surface area contributed by atoms with Crippen molar-refractivity contribution in [3.8, 4) is 0 Å². The van der Waals surface area contributed by atoms with Crippen LogP contribution >= 0.6 is 0 Å². The van der Waals surface area contributed by atoms with Crippen LogP contribution < -0.4 is 16.0 Å². The number of nitrogens with one attached hydrogen (secondary N) is 2. The predicted molar refractivity (Wildman–Crippen MR) is 121 cm³/mol. The van der Waals surface area contributed by atoms with E-state index in [-0.39, 0.29) is 22.9 Å². The largest absolute Gasteiger partial charge is 0.417 e. The number of carbonyl (C=O) groups is 1. The Balaban J connectivity index is 1.42. The number of fused-ring (bicyclic) bond motifs is 1. The van der Waals surface area contributed by atoms with Gasteiger partial charge in [0.05, 0.1) is 16.3 Å². The second-order valence-corrected chi connectivity index (χ2v) is 10.1. The molecule has 1 aliphatic rings. The van der Waals surface area contributed by atoms with Crippen LogP contribution in [0.2, 0.25) is 0 Å². The second-order valence-electron chi connectivity index (χ2n) is 8.15. The number of carbonyl (C=O) groups excluding carboxylic acids is 1. The molecule has 0 bridgehead atoms. The van der Waals surface area contributed by atoms with Crippen molar-refractivity contribution < 1.29 is 17.6 Å². The summed E-state index contributed by atoms with van der Waals surface area (Å²) in [6.07, 6.45) is 1.22. The van der Waals surface area contributed by atoms with E-state index in [4.69, 9.17) is 4.42 Å². The van der Waals surface area contributed by atoms with Gasteiger partial charge in [0.15, 0.2) is 5.58 Å². The van der Waals surface area contributed by atoms with Crippen molar-refractivity contribution in [3.05, 3.63) is 58.6 Å². The summed E-state index contributed by atoms with van der Waals surface area (Å²) in [5, 5.41) is 2.93. The van der Waals surface area contributed by atoms with Crippen LogP contribution in [0.5, 0.6) is 0 Å². The predicted octanol–water partition coefficient (Wildman–Crippen LogP) is 1.90. The quantitative estimate of drug-likeness (QED) is 0.583. The Morgan fingerprint density at radius 2 is 1.97 bits per heavy atom. The Labute approximate surface area is 186 Å². The first-order valence-electron chi connectivity index (χ1n) is 10.4. The first kappa shape index (κ1) is 22.1. The zero-order valence-electron chi connectivity index (χ0n) is 18.0. The first-order valence-corrected chi connectivity index (χ1v) is 11.8. The topological polar surface area (TPSA) is 116 Å². The number of anilines is 1. The lowest BCUT2D eigenvalue weighted by Gasteiger charge is -2.31. The number of aromatic amines is 1. The third kappa shape index (κ3) is 4.56. The van der Waals surface area contributed by atoms with Crippen LogP contribution in [-0.2, 0) is 21.4 Å². The summed E-state index contributed by atoms with van der Waals surface area (Å²) < 4.78 is 32.6. The van der Waals surface area contributed by atoms with Crippen molar-refractivity contribution in [2.75, 3.05) is 32.1 Å². The molecule has 1 aliphatic heterocycles. The molecule has 0 unspecified atom stereocenters. The van der Waals surface area contributed by atoms with E-state index in [0.29, 0.717) is 31.4 Å². The minimum absolute atomic E-state index is 0.0368. The van der Waals surface area contributed by atoms with Crippen molar-refractivity contribution in [2.45, 2.75) is 24.3 Å². The molecule has 10 heteroatoms. The number of rotatable bonds is 6. The number of aromatic nitrogens is 1. The highest BCUT2D eigenvalue weighted by atomic mass is 32.2. The van der Waals surface area contributed by atoms with E-state index < -0.39 is 21.7 Å². The average molecular weight is 459 g/mol. The Hall–Kier alpha value is -3.11. The van der Waals surface area contributed by atoms with Crippen molar-refractivity contribution in [3.63, 3.8) is 0 Å². The summed E-state index contributed by atoms with van der Waals surface area (Å²) in [4.78, 5) is 28.6. The third-order valence-electron chi connectivity index (χ3n) is 5.70. The van der Waals surface area contributed by atoms with Crippen LogP contribution in [0.3, 0.4) is 0 Å². The molecule has 0 radical (unpaired) electrons. The number of benzene rings is 2. The van der Waals surface area contributed by atoms with Gasteiger partial charge < -0.3 is 14.6 Å². The van der Waals surface area contributed by atoms with E-state index in [1.807, 2.05) is 43.3 Å². The van der Waals surface area contributed by atoms with Crippen molar-refractivity contribution >= 4 is 32.7 Å². The molecule has 1 amide bonds. The van der Waals surface area contributed by atoms with Gasteiger partial charge in [0.2, 0.25) is 15.9 Å². The fourth-order valence-corrected chi connectivity index (χ4v) is 5.40. The lowest BCUT2D eigenvalue weighted by Crippen LogP contribution is -2.45. The molecule has 2 N–H and O–H groups in total. The molecule has 2 heterocycles. The number of amides is 1.